The van der Waals surface area contributed by atoms with Crippen molar-refractivity contribution in [3.05, 3.63) is 33.5 Å². The van der Waals surface area contributed by atoms with Crippen molar-refractivity contribution < 1.29 is 0 Å². The van der Waals surface area contributed by atoms with E-state index >= 15 is 0 Å². The number of rotatable bonds is 2. The molecule has 0 radical (unpaired) electrons. The fraction of sp³-hybridized carbons (Fsp3) is 0.625. The van der Waals surface area contributed by atoms with E-state index in [0.29, 0.717) is 12.0 Å². The maximum atomic E-state index is 4.64. The minimum atomic E-state index is 0.450. The van der Waals surface area contributed by atoms with Crippen molar-refractivity contribution in [1.29, 1.82) is 0 Å². The zero-order chi connectivity index (χ0) is 13.8. The Morgan fingerprint density at radius 3 is 3.00 bits per heavy atom. The van der Waals surface area contributed by atoms with Crippen LogP contribution >= 0.6 is 11.3 Å². The molecule has 2 aliphatic carbocycles. The molecule has 0 saturated heterocycles. The van der Waals surface area contributed by atoms with Gasteiger partial charge in [0.2, 0.25) is 0 Å². The van der Waals surface area contributed by atoms with Gasteiger partial charge in [0.15, 0.2) is 5.82 Å². The topological polar surface area (TPSA) is 42.7 Å². The van der Waals surface area contributed by atoms with Crippen LogP contribution in [0.5, 0.6) is 0 Å². The number of nitrogens with one attached hydrogen (secondary N) is 1. The molecule has 2 unspecified atom stereocenters. The standard InChI is InChI=1S/C16H20N4S/c1-2-12(11-6-9-21-13(11)3-1)15-18-19-16-14(10-4-5-10)17-7-8-20(15)16/h6,9-10,12,14,17H,1-5,7-8H2. The Kier molecular flexibility index (Phi) is 2.73. The molecule has 4 nitrogen and oxygen atoms in total. The van der Waals surface area contributed by atoms with E-state index in [0.717, 1.165) is 19.0 Å². The molecule has 3 heterocycles. The van der Waals surface area contributed by atoms with Crippen LogP contribution in [0.1, 0.15) is 59.7 Å². The number of thiophene rings is 1. The molecular weight excluding hydrogens is 280 g/mol. The Morgan fingerprint density at radius 2 is 2.10 bits per heavy atom. The molecule has 1 fully saturated rings. The van der Waals surface area contributed by atoms with Gasteiger partial charge < -0.3 is 9.88 Å². The first-order valence-corrected chi connectivity index (χ1v) is 9.02. The van der Waals surface area contributed by atoms with E-state index in [1.165, 1.54) is 49.3 Å². The smallest absolute Gasteiger partial charge is 0.150 e. The minimum Gasteiger partial charge on any atom is -0.312 e. The van der Waals surface area contributed by atoms with Crippen molar-refractivity contribution in [2.24, 2.45) is 5.92 Å². The largest absolute Gasteiger partial charge is 0.312 e. The maximum Gasteiger partial charge on any atom is 0.150 e. The van der Waals surface area contributed by atoms with Crippen LogP contribution in [0.25, 0.3) is 0 Å². The maximum absolute atomic E-state index is 4.64. The first kappa shape index (κ1) is 12.4. The highest BCUT2D eigenvalue weighted by Gasteiger charge is 2.38. The van der Waals surface area contributed by atoms with E-state index in [1.54, 1.807) is 4.88 Å². The number of hydrogen-bond acceptors (Lipinski definition) is 4. The molecule has 5 heteroatoms. The van der Waals surface area contributed by atoms with Gasteiger partial charge in [-0.2, -0.15) is 0 Å². The fourth-order valence-corrected chi connectivity index (χ4v) is 5.02. The van der Waals surface area contributed by atoms with Crippen molar-refractivity contribution in [3.8, 4) is 0 Å². The Bertz CT molecular complexity index is 670. The van der Waals surface area contributed by atoms with Crippen molar-refractivity contribution in [1.82, 2.24) is 20.1 Å². The minimum absolute atomic E-state index is 0.450. The molecule has 0 amide bonds. The van der Waals surface area contributed by atoms with Gasteiger partial charge >= 0.3 is 0 Å². The predicted molar refractivity (Wildman–Crippen MR) is 82.6 cm³/mol. The molecule has 5 rings (SSSR count). The van der Waals surface area contributed by atoms with Gasteiger partial charge in [-0.25, -0.2) is 0 Å². The van der Waals surface area contributed by atoms with Crippen LogP contribution in [0.3, 0.4) is 0 Å². The van der Waals surface area contributed by atoms with Gasteiger partial charge in [-0.15, -0.1) is 21.5 Å². The monoisotopic (exact) mass is 300 g/mol. The Labute approximate surface area is 128 Å². The van der Waals surface area contributed by atoms with Gasteiger partial charge in [-0.1, -0.05) is 0 Å². The lowest BCUT2D eigenvalue weighted by atomic mass is 9.87. The molecule has 1 aliphatic heterocycles. The lowest BCUT2D eigenvalue weighted by molar-refractivity contribution is 0.373. The predicted octanol–water partition coefficient (Wildman–Crippen LogP) is 2.86. The van der Waals surface area contributed by atoms with Crippen LogP contribution < -0.4 is 5.32 Å². The quantitative estimate of drug-likeness (QED) is 0.927. The van der Waals surface area contributed by atoms with Crippen LogP contribution in [0.2, 0.25) is 0 Å². The Morgan fingerprint density at radius 1 is 1.19 bits per heavy atom. The number of aromatic nitrogens is 3. The molecular formula is C16H20N4S. The molecule has 3 aliphatic rings. The lowest BCUT2D eigenvalue weighted by Gasteiger charge is -2.28. The zero-order valence-electron chi connectivity index (χ0n) is 12.1. The summed E-state index contributed by atoms with van der Waals surface area (Å²) < 4.78 is 2.43. The molecule has 2 aromatic heterocycles. The lowest BCUT2D eigenvalue weighted by Crippen LogP contribution is -2.35. The van der Waals surface area contributed by atoms with Crippen molar-refractivity contribution in [2.45, 2.75) is 50.6 Å². The van der Waals surface area contributed by atoms with E-state index in [-0.39, 0.29) is 0 Å². The highest BCUT2D eigenvalue weighted by atomic mass is 32.1. The van der Waals surface area contributed by atoms with E-state index < -0.39 is 0 Å². The number of fused-ring (bicyclic) bond motifs is 2. The zero-order valence-corrected chi connectivity index (χ0v) is 12.9. The van der Waals surface area contributed by atoms with Crippen molar-refractivity contribution >= 4 is 11.3 Å². The summed E-state index contributed by atoms with van der Waals surface area (Å²) in [4.78, 5) is 1.57. The number of aryl methyl sites for hydroxylation is 1. The Balaban J connectivity index is 1.57. The normalized spacial score (nSPS) is 28.2. The van der Waals surface area contributed by atoms with E-state index in [9.17, 15) is 0 Å². The third kappa shape index (κ3) is 1.90. The van der Waals surface area contributed by atoms with Gasteiger partial charge in [0.05, 0.1) is 6.04 Å². The van der Waals surface area contributed by atoms with E-state index in [2.05, 4.69) is 31.5 Å². The molecule has 2 atom stereocenters. The summed E-state index contributed by atoms with van der Waals surface area (Å²) >= 11 is 1.91. The van der Waals surface area contributed by atoms with Crippen LogP contribution in [-0.4, -0.2) is 21.3 Å². The summed E-state index contributed by atoms with van der Waals surface area (Å²) in [6, 6.07) is 2.76. The third-order valence-corrected chi connectivity index (χ3v) is 6.24. The van der Waals surface area contributed by atoms with Crippen LogP contribution in [-0.2, 0) is 13.0 Å². The SMILES string of the molecule is c1cc2c(s1)CCCC2c1nnc2n1CCNC2C1CC1. The molecule has 110 valence electrons. The van der Waals surface area contributed by atoms with Crippen LogP contribution in [0.4, 0.5) is 0 Å². The summed E-state index contributed by atoms with van der Waals surface area (Å²) in [5.41, 5.74) is 1.52. The van der Waals surface area contributed by atoms with E-state index in [1.807, 2.05) is 11.3 Å². The van der Waals surface area contributed by atoms with Crippen molar-refractivity contribution in [2.75, 3.05) is 6.54 Å². The molecule has 1 saturated carbocycles. The third-order valence-electron chi connectivity index (χ3n) is 5.24. The summed E-state index contributed by atoms with van der Waals surface area (Å²) in [6.45, 7) is 2.08. The second kappa shape index (κ2) is 4.65. The first-order chi connectivity index (χ1) is 10.4. The van der Waals surface area contributed by atoms with Gasteiger partial charge in [0.25, 0.3) is 0 Å². The highest BCUT2D eigenvalue weighted by Crippen LogP contribution is 2.43. The van der Waals surface area contributed by atoms with Gasteiger partial charge in [0, 0.05) is 23.9 Å². The second-order valence-electron chi connectivity index (χ2n) is 6.58. The average molecular weight is 300 g/mol. The number of nitrogens with zero attached hydrogens (tertiary/aromatic N) is 3. The molecule has 0 bridgehead atoms. The van der Waals surface area contributed by atoms with Crippen LogP contribution in [0, 0.1) is 5.92 Å². The summed E-state index contributed by atoms with van der Waals surface area (Å²) in [5.74, 6) is 3.68. The molecule has 2 aromatic rings. The second-order valence-corrected chi connectivity index (χ2v) is 7.58. The van der Waals surface area contributed by atoms with Crippen LogP contribution in [0.15, 0.2) is 11.4 Å². The molecule has 21 heavy (non-hydrogen) atoms. The first-order valence-electron chi connectivity index (χ1n) is 8.14. The highest BCUT2D eigenvalue weighted by molar-refractivity contribution is 7.10. The summed E-state index contributed by atoms with van der Waals surface area (Å²) in [5, 5.41) is 15.1. The van der Waals surface area contributed by atoms with Crippen molar-refractivity contribution in [3.63, 3.8) is 0 Å². The van der Waals surface area contributed by atoms with Gasteiger partial charge in [-0.05, 0) is 55.0 Å². The average Bonchev–Trinajstić information content (AvgIpc) is 3.09. The summed E-state index contributed by atoms with van der Waals surface area (Å²) in [6.07, 6.45) is 6.45. The summed E-state index contributed by atoms with van der Waals surface area (Å²) in [7, 11) is 0. The molecule has 0 aromatic carbocycles. The molecule has 1 N–H and O–H groups in total. The molecule has 0 spiro atoms. The Hall–Kier alpha value is -1.20. The van der Waals surface area contributed by atoms with E-state index in [4.69, 9.17) is 0 Å². The van der Waals surface area contributed by atoms with Gasteiger partial charge in [0.1, 0.15) is 5.82 Å². The fourth-order valence-electron chi connectivity index (χ4n) is 4.03. The number of hydrogen-bond donors (Lipinski definition) is 1. The van der Waals surface area contributed by atoms with Gasteiger partial charge in [-0.3, -0.25) is 0 Å².